The maximum absolute atomic E-state index is 10.3. The first-order valence-electron chi connectivity index (χ1n) is 5.24. The van der Waals surface area contributed by atoms with Gasteiger partial charge >= 0.3 is 6.16 Å². The summed E-state index contributed by atoms with van der Waals surface area (Å²) in [6.45, 7) is 6.57. The molecule has 1 heterocycles. The minimum absolute atomic E-state index is 0.358. The lowest BCUT2D eigenvalue weighted by atomic mass is 10.2. The molecule has 6 nitrogen and oxygen atoms in total. The number of rotatable bonds is 4. The van der Waals surface area contributed by atoms with E-state index in [4.69, 9.17) is 5.11 Å². The molecule has 0 atom stereocenters. The topological polar surface area (TPSA) is 91.9 Å². The number of hydrogen-bond acceptors (Lipinski definition) is 4. The molecule has 7 heteroatoms. The van der Waals surface area contributed by atoms with Crippen LogP contribution in [0.4, 0.5) is 4.79 Å². The summed E-state index contributed by atoms with van der Waals surface area (Å²) >= 11 is 0. The summed E-state index contributed by atoms with van der Waals surface area (Å²) in [5, 5.41) is 27.5. The van der Waals surface area contributed by atoms with Gasteiger partial charge in [-0.1, -0.05) is 25.7 Å². The van der Waals surface area contributed by atoms with Crippen LogP contribution in [0.5, 0.6) is 11.8 Å². The van der Waals surface area contributed by atoms with Crippen LogP contribution in [0.3, 0.4) is 0 Å². The molecule has 0 unspecified atom stereocenters. The largest absolute Gasteiger partial charge is 0.531 e. The summed E-state index contributed by atoms with van der Waals surface area (Å²) in [6.07, 6.45) is -1.01. The van der Waals surface area contributed by atoms with Gasteiger partial charge < -0.3 is 15.3 Å². The van der Waals surface area contributed by atoms with E-state index in [2.05, 4.69) is 24.5 Å². The van der Waals surface area contributed by atoms with Gasteiger partial charge in [-0.25, -0.2) is 4.79 Å². The summed E-state index contributed by atoms with van der Waals surface area (Å²) in [6, 6.07) is 2.25. The molecule has 1 aromatic rings. The van der Waals surface area contributed by atoms with Gasteiger partial charge in [-0.3, -0.25) is 4.84 Å². The maximum atomic E-state index is 10.3. The summed E-state index contributed by atoms with van der Waals surface area (Å²) in [4.78, 5) is 14.6. The van der Waals surface area contributed by atoms with Crippen molar-refractivity contribution in [3.05, 3.63) is 11.6 Å². The molecule has 0 amide bonds. The van der Waals surface area contributed by atoms with Gasteiger partial charge in [0.1, 0.15) is 0 Å². The molecule has 0 saturated carbocycles. The minimum Gasteiger partial charge on any atom is -0.492 e. The van der Waals surface area contributed by atoms with E-state index in [-0.39, 0.29) is 5.88 Å². The van der Waals surface area contributed by atoms with Crippen molar-refractivity contribution in [2.45, 2.75) is 32.1 Å². The lowest BCUT2D eigenvalue weighted by Gasteiger charge is -2.14. The van der Waals surface area contributed by atoms with Crippen molar-refractivity contribution in [1.29, 1.82) is 0 Å². The molecule has 3 N–H and O–H groups in total. The fourth-order valence-electron chi connectivity index (χ4n) is 1.38. The van der Waals surface area contributed by atoms with E-state index in [1.54, 1.807) is 0 Å². The smallest absolute Gasteiger partial charge is 0.492 e. The standard InChI is InChI=1S/C10H17NO5Si/c1-17(2,3)5-4-7-6-8(12)11(9(7)13)16-10(14)15/h6,12-13H,4-5H2,1-3H3,(H,14,15). The number of carboxylic acid groups (broad SMARTS) is 1. The van der Waals surface area contributed by atoms with Crippen LogP contribution < -0.4 is 4.84 Å². The maximum Gasteiger partial charge on any atom is 0.531 e. The summed E-state index contributed by atoms with van der Waals surface area (Å²) in [5.41, 5.74) is 0.492. The van der Waals surface area contributed by atoms with E-state index < -0.39 is 20.1 Å². The zero-order chi connectivity index (χ0) is 13.2. The third-order valence-electron chi connectivity index (χ3n) is 2.30. The van der Waals surface area contributed by atoms with E-state index in [1.165, 1.54) is 6.07 Å². The zero-order valence-electron chi connectivity index (χ0n) is 10.1. The molecule has 96 valence electrons. The van der Waals surface area contributed by atoms with Crippen LogP contribution in [0.1, 0.15) is 5.56 Å². The predicted molar refractivity (Wildman–Crippen MR) is 64.2 cm³/mol. The van der Waals surface area contributed by atoms with Crippen LogP contribution in [-0.2, 0) is 6.42 Å². The summed E-state index contributed by atoms with van der Waals surface area (Å²) in [5.74, 6) is -0.779. The fourth-order valence-corrected chi connectivity index (χ4v) is 2.40. The Bertz CT molecular complexity index is 421. The molecule has 1 aromatic heterocycles. The van der Waals surface area contributed by atoms with Gasteiger partial charge in [0, 0.05) is 19.7 Å². The Kier molecular flexibility index (Phi) is 3.71. The van der Waals surface area contributed by atoms with Crippen molar-refractivity contribution < 1.29 is 25.0 Å². The number of aromatic nitrogens is 1. The number of carbonyl (C=O) groups is 1. The highest BCUT2D eigenvalue weighted by Gasteiger charge is 2.20. The molecule has 0 radical (unpaired) electrons. The lowest BCUT2D eigenvalue weighted by molar-refractivity contribution is 0.0642. The van der Waals surface area contributed by atoms with Crippen molar-refractivity contribution in [2.24, 2.45) is 0 Å². The van der Waals surface area contributed by atoms with Crippen LogP contribution in [0.15, 0.2) is 6.07 Å². The van der Waals surface area contributed by atoms with Gasteiger partial charge in [-0.05, 0) is 6.42 Å². The molecule has 0 saturated heterocycles. The van der Waals surface area contributed by atoms with E-state index >= 15 is 0 Å². The van der Waals surface area contributed by atoms with Gasteiger partial charge in [0.15, 0.2) is 0 Å². The number of aryl methyl sites for hydroxylation is 1. The third kappa shape index (κ3) is 3.70. The second kappa shape index (κ2) is 4.70. The van der Waals surface area contributed by atoms with E-state index in [0.717, 1.165) is 6.04 Å². The van der Waals surface area contributed by atoms with Gasteiger partial charge in [0.05, 0.1) is 0 Å². The second-order valence-corrected chi connectivity index (χ2v) is 10.7. The molecule has 0 aliphatic heterocycles. The Morgan fingerprint density at radius 1 is 1.41 bits per heavy atom. The van der Waals surface area contributed by atoms with Crippen molar-refractivity contribution in [3.8, 4) is 11.8 Å². The molecule has 0 aromatic carbocycles. The SMILES string of the molecule is C[Si](C)(C)CCc1cc(O)n(OC(=O)O)c1O. The molecular weight excluding hydrogens is 242 g/mol. The van der Waals surface area contributed by atoms with Crippen LogP contribution in [-0.4, -0.2) is 34.3 Å². The van der Waals surface area contributed by atoms with E-state index in [1.807, 2.05) is 0 Å². The summed E-state index contributed by atoms with van der Waals surface area (Å²) < 4.78 is 0.502. The molecule has 17 heavy (non-hydrogen) atoms. The average Bonchev–Trinajstić information content (AvgIpc) is 2.41. The molecule has 0 aliphatic carbocycles. The zero-order valence-corrected chi connectivity index (χ0v) is 11.1. The quantitative estimate of drug-likeness (QED) is 0.718. The van der Waals surface area contributed by atoms with Gasteiger partial charge in [0.2, 0.25) is 11.8 Å². The minimum atomic E-state index is -1.59. The Morgan fingerprint density at radius 3 is 2.47 bits per heavy atom. The normalized spacial score (nSPS) is 11.5. The monoisotopic (exact) mass is 259 g/mol. The van der Waals surface area contributed by atoms with Crippen LogP contribution >= 0.6 is 0 Å². The Balaban J connectivity index is 2.85. The van der Waals surface area contributed by atoms with Crippen molar-refractivity contribution in [1.82, 2.24) is 4.73 Å². The number of nitrogens with zero attached hydrogens (tertiary/aromatic N) is 1. The van der Waals surface area contributed by atoms with Crippen LogP contribution in [0.2, 0.25) is 25.7 Å². The predicted octanol–water partition coefficient (Wildman–Crippen LogP) is 1.89. The van der Waals surface area contributed by atoms with Gasteiger partial charge in [0.25, 0.3) is 0 Å². The van der Waals surface area contributed by atoms with Crippen molar-refractivity contribution in [3.63, 3.8) is 0 Å². The second-order valence-electron chi connectivity index (χ2n) is 5.06. The summed E-state index contributed by atoms with van der Waals surface area (Å²) in [7, 11) is -1.26. The molecular formula is C10H17NO5Si. The first-order valence-corrected chi connectivity index (χ1v) is 8.95. The van der Waals surface area contributed by atoms with E-state index in [0.29, 0.717) is 16.7 Å². The number of aromatic hydroxyl groups is 2. The first kappa shape index (κ1) is 13.4. The third-order valence-corrected chi connectivity index (χ3v) is 4.05. The van der Waals surface area contributed by atoms with E-state index in [9.17, 15) is 15.0 Å². The highest BCUT2D eigenvalue weighted by atomic mass is 28.3. The molecule has 0 fully saturated rings. The Labute approximate surface area is 100 Å². The number of hydrogen-bond donors (Lipinski definition) is 3. The lowest BCUT2D eigenvalue weighted by Crippen LogP contribution is -2.20. The Morgan fingerprint density at radius 2 is 2.00 bits per heavy atom. The molecule has 0 aliphatic rings. The first-order chi connectivity index (χ1) is 7.70. The molecule has 0 bridgehead atoms. The molecule has 1 rings (SSSR count). The highest BCUT2D eigenvalue weighted by molar-refractivity contribution is 6.76. The van der Waals surface area contributed by atoms with Gasteiger partial charge in [-0.15, -0.1) is 4.73 Å². The van der Waals surface area contributed by atoms with Crippen molar-refractivity contribution >= 4 is 14.2 Å². The van der Waals surface area contributed by atoms with Crippen molar-refractivity contribution in [2.75, 3.05) is 0 Å². The highest BCUT2D eigenvalue weighted by Crippen LogP contribution is 2.28. The molecule has 0 spiro atoms. The average molecular weight is 259 g/mol. The van der Waals surface area contributed by atoms with Crippen LogP contribution in [0.25, 0.3) is 0 Å². The Hall–Kier alpha value is -1.63. The van der Waals surface area contributed by atoms with Gasteiger partial charge in [-0.2, -0.15) is 0 Å². The fraction of sp³-hybridized carbons (Fsp3) is 0.500. The van der Waals surface area contributed by atoms with Crippen LogP contribution in [0, 0.1) is 0 Å².